The van der Waals surface area contributed by atoms with Crippen LogP contribution in [0, 0.1) is 13.8 Å². The number of rotatable bonds is 4. The topological polar surface area (TPSA) is 45.9 Å². The lowest BCUT2D eigenvalue weighted by molar-refractivity contribution is -0.0691. The van der Waals surface area contributed by atoms with Gasteiger partial charge in [-0.2, -0.15) is 0 Å². The summed E-state index contributed by atoms with van der Waals surface area (Å²) < 4.78 is 12.2. The zero-order valence-corrected chi connectivity index (χ0v) is 17.5. The maximum atomic E-state index is 13.7. The molecule has 1 aliphatic heterocycles. The van der Waals surface area contributed by atoms with Crippen molar-refractivity contribution in [3.05, 3.63) is 71.0 Å². The van der Waals surface area contributed by atoms with E-state index >= 15 is 0 Å². The molecular weight excluding hydrogens is 364 g/mol. The Kier molecular flexibility index (Phi) is 5.43. The van der Waals surface area contributed by atoms with Crippen LogP contribution in [0.2, 0.25) is 0 Å². The van der Waals surface area contributed by atoms with E-state index in [1.807, 2.05) is 69.2 Å². The fourth-order valence-electron chi connectivity index (χ4n) is 4.19. The summed E-state index contributed by atoms with van der Waals surface area (Å²) in [6.45, 7) is 5.78. The minimum atomic E-state index is -0.158. The van der Waals surface area contributed by atoms with Crippen LogP contribution in [0.15, 0.2) is 52.9 Å². The van der Waals surface area contributed by atoms with Crippen LogP contribution in [0.25, 0.3) is 11.0 Å². The van der Waals surface area contributed by atoms with Gasteiger partial charge in [0.05, 0.1) is 18.8 Å². The van der Waals surface area contributed by atoms with E-state index in [-0.39, 0.29) is 18.1 Å². The Hall–Kier alpha value is -2.63. The van der Waals surface area contributed by atoms with Crippen molar-refractivity contribution < 1.29 is 13.9 Å². The van der Waals surface area contributed by atoms with Crippen molar-refractivity contribution in [3.63, 3.8) is 0 Å². The maximum Gasteiger partial charge on any atom is 0.290 e. The van der Waals surface area contributed by atoms with Crippen LogP contribution in [0.4, 0.5) is 0 Å². The van der Waals surface area contributed by atoms with Crippen LogP contribution >= 0.6 is 0 Å². The molecule has 5 nitrogen and oxygen atoms in total. The third-order valence-corrected chi connectivity index (χ3v) is 5.59. The molecule has 0 spiro atoms. The molecule has 1 amide bonds. The number of aryl methyl sites for hydroxylation is 2. The highest BCUT2D eigenvalue weighted by atomic mass is 16.5. The van der Waals surface area contributed by atoms with E-state index in [1.54, 1.807) is 0 Å². The van der Waals surface area contributed by atoms with Gasteiger partial charge in [0.2, 0.25) is 0 Å². The second-order valence-corrected chi connectivity index (χ2v) is 8.08. The predicted octanol–water partition coefficient (Wildman–Crippen LogP) is 4.19. The zero-order chi connectivity index (χ0) is 20.5. The number of morpholine rings is 1. The molecular formula is C24H28N2O3. The number of furan rings is 1. The molecule has 1 saturated heterocycles. The fourth-order valence-corrected chi connectivity index (χ4v) is 4.19. The van der Waals surface area contributed by atoms with E-state index in [0.717, 1.165) is 34.2 Å². The number of hydrogen-bond donors (Lipinski definition) is 0. The van der Waals surface area contributed by atoms with Crippen molar-refractivity contribution in [3.8, 4) is 0 Å². The van der Waals surface area contributed by atoms with Crippen LogP contribution in [-0.2, 0) is 4.74 Å². The molecule has 5 heteroatoms. The Morgan fingerprint density at radius 3 is 2.62 bits per heavy atom. The second-order valence-electron chi connectivity index (χ2n) is 8.08. The molecule has 29 heavy (non-hydrogen) atoms. The number of carbonyl (C=O) groups excluding carboxylic acids is 1. The van der Waals surface area contributed by atoms with Crippen molar-refractivity contribution in [2.75, 3.05) is 33.8 Å². The van der Waals surface area contributed by atoms with Crippen molar-refractivity contribution in [2.45, 2.75) is 26.0 Å². The first-order valence-electron chi connectivity index (χ1n) is 10.1. The molecule has 0 N–H and O–H groups in total. The summed E-state index contributed by atoms with van der Waals surface area (Å²) in [6.07, 6.45) is -0.1000. The molecule has 1 aromatic heterocycles. The van der Waals surface area contributed by atoms with Gasteiger partial charge in [0.15, 0.2) is 5.76 Å². The summed E-state index contributed by atoms with van der Waals surface area (Å²) in [5, 5.41) is 0.994. The van der Waals surface area contributed by atoms with E-state index in [9.17, 15) is 4.79 Å². The van der Waals surface area contributed by atoms with Crippen molar-refractivity contribution >= 4 is 16.9 Å². The van der Waals surface area contributed by atoms with Crippen LogP contribution in [0.3, 0.4) is 0 Å². The molecule has 152 valence electrons. The number of benzene rings is 2. The summed E-state index contributed by atoms with van der Waals surface area (Å²) in [7, 11) is 4.05. The Bertz CT molecular complexity index is 1010. The van der Waals surface area contributed by atoms with Gasteiger partial charge in [-0.25, -0.2) is 0 Å². The van der Waals surface area contributed by atoms with Gasteiger partial charge in [-0.1, -0.05) is 42.5 Å². The first-order valence-corrected chi connectivity index (χ1v) is 10.1. The van der Waals surface area contributed by atoms with Gasteiger partial charge in [0, 0.05) is 24.0 Å². The predicted molar refractivity (Wildman–Crippen MR) is 114 cm³/mol. The monoisotopic (exact) mass is 392 g/mol. The molecule has 2 aromatic carbocycles. The highest BCUT2D eigenvalue weighted by Gasteiger charge is 2.38. The molecule has 2 atom stereocenters. The van der Waals surface area contributed by atoms with Gasteiger partial charge in [-0.15, -0.1) is 0 Å². The first-order chi connectivity index (χ1) is 14.0. The molecule has 0 radical (unpaired) electrons. The molecule has 2 heterocycles. The van der Waals surface area contributed by atoms with Crippen molar-refractivity contribution in [1.82, 2.24) is 9.80 Å². The van der Waals surface area contributed by atoms with Crippen LogP contribution in [0.5, 0.6) is 0 Å². The largest absolute Gasteiger partial charge is 0.451 e. The van der Waals surface area contributed by atoms with E-state index in [1.165, 1.54) is 0 Å². The van der Waals surface area contributed by atoms with Gasteiger partial charge in [0.25, 0.3) is 5.91 Å². The lowest BCUT2D eigenvalue weighted by Gasteiger charge is -2.42. The van der Waals surface area contributed by atoms with Gasteiger partial charge in [-0.05, 0) is 45.1 Å². The molecule has 0 aliphatic carbocycles. The molecule has 0 bridgehead atoms. The number of hydrogen-bond acceptors (Lipinski definition) is 4. The highest BCUT2D eigenvalue weighted by Crippen LogP contribution is 2.34. The van der Waals surface area contributed by atoms with E-state index in [0.29, 0.717) is 18.9 Å². The molecule has 3 aromatic rings. The maximum absolute atomic E-state index is 13.7. The minimum Gasteiger partial charge on any atom is -0.451 e. The summed E-state index contributed by atoms with van der Waals surface area (Å²) in [5.74, 6) is 0.356. The van der Waals surface area contributed by atoms with E-state index in [4.69, 9.17) is 9.15 Å². The molecule has 1 fully saturated rings. The fraction of sp³-hybridized carbons (Fsp3) is 0.375. The van der Waals surface area contributed by atoms with Gasteiger partial charge >= 0.3 is 0 Å². The smallest absolute Gasteiger partial charge is 0.290 e. The third-order valence-electron chi connectivity index (χ3n) is 5.59. The standard InChI is InChI=1S/C24H28N2O3/c1-16-10-11-19-17(2)23(29-20(19)14-16)24(27)26-12-13-28-21(15-25(3)4)22(26)18-8-6-5-7-9-18/h5-11,14,21-22H,12-13,15H2,1-4H3/t21-,22-/m0/s1. The number of carbonyl (C=O) groups is 1. The average molecular weight is 392 g/mol. The van der Waals surface area contributed by atoms with Gasteiger partial charge < -0.3 is 19.0 Å². The van der Waals surface area contributed by atoms with Gasteiger partial charge in [-0.3, -0.25) is 4.79 Å². The number of nitrogens with zero attached hydrogens (tertiary/aromatic N) is 2. The number of fused-ring (bicyclic) bond motifs is 1. The Morgan fingerprint density at radius 1 is 1.14 bits per heavy atom. The molecule has 0 saturated carbocycles. The zero-order valence-electron chi connectivity index (χ0n) is 17.5. The van der Waals surface area contributed by atoms with E-state index in [2.05, 4.69) is 17.0 Å². The Balaban J connectivity index is 1.74. The summed E-state index contributed by atoms with van der Waals surface area (Å²) in [5.41, 5.74) is 3.86. The number of amides is 1. The Morgan fingerprint density at radius 2 is 1.90 bits per heavy atom. The third kappa shape index (κ3) is 3.80. The van der Waals surface area contributed by atoms with Crippen molar-refractivity contribution in [2.24, 2.45) is 0 Å². The highest BCUT2D eigenvalue weighted by molar-refractivity contribution is 5.99. The normalized spacial score (nSPS) is 19.8. The molecule has 4 rings (SSSR count). The summed E-state index contributed by atoms with van der Waals surface area (Å²) in [6, 6.07) is 16.1. The van der Waals surface area contributed by atoms with Gasteiger partial charge in [0.1, 0.15) is 5.58 Å². The first kappa shape index (κ1) is 19.7. The van der Waals surface area contributed by atoms with Crippen LogP contribution in [0.1, 0.15) is 33.3 Å². The quantitative estimate of drug-likeness (QED) is 0.668. The van der Waals surface area contributed by atoms with E-state index < -0.39 is 0 Å². The van der Waals surface area contributed by atoms with Crippen LogP contribution in [-0.4, -0.2) is 55.6 Å². The van der Waals surface area contributed by atoms with Crippen LogP contribution < -0.4 is 0 Å². The number of ether oxygens (including phenoxy) is 1. The molecule has 1 aliphatic rings. The lowest BCUT2D eigenvalue weighted by Crippen LogP contribution is -2.51. The lowest BCUT2D eigenvalue weighted by atomic mass is 9.97. The SMILES string of the molecule is Cc1ccc2c(C)c(C(=O)N3CCO[C@@H](CN(C)C)[C@@H]3c3ccccc3)oc2c1. The summed E-state index contributed by atoms with van der Waals surface area (Å²) in [4.78, 5) is 17.7. The Labute approximate surface area is 171 Å². The second kappa shape index (κ2) is 8.01. The minimum absolute atomic E-state index is 0.0720. The summed E-state index contributed by atoms with van der Waals surface area (Å²) >= 11 is 0. The van der Waals surface area contributed by atoms with Crippen molar-refractivity contribution in [1.29, 1.82) is 0 Å². The molecule has 0 unspecified atom stereocenters. The average Bonchev–Trinajstić information content (AvgIpc) is 3.03. The number of likely N-dealkylation sites (N-methyl/N-ethyl adjacent to an activating group) is 1.